The number of phenolic OH excluding ortho intramolecular Hbond substituents is 3. The number of hydrogen-bond donors (Lipinski definition) is 6. The first-order valence-corrected chi connectivity index (χ1v) is 9.74. The van der Waals surface area contributed by atoms with Crippen LogP contribution in [0.5, 0.6) is 28.7 Å². The van der Waals surface area contributed by atoms with Gasteiger partial charge in [0.15, 0.2) is 17.3 Å². The summed E-state index contributed by atoms with van der Waals surface area (Å²) >= 11 is 0. The van der Waals surface area contributed by atoms with Crippen molar-refractivity contribution in [3.63, 3.8) is 0 Å². The van der Waals surface area contributed by atoms with Crippen molar-refractivity contribution in [1.29, 1.82) is 0 Å². The van der Waals surface area contributed by atoms with E-state index in [1.165, 1.54) is 6.07 Å². The zero-order valence-corrected chi connectivity index (χ0v) is 17.5. The molecule has 0 saturated heterocycles. The first kappa shape index (κ1) is 23.3. The largest absolute Gasteiger partial charge is 0.508 e. The van der Waals surface area contributed by atoms with E-state index in [0.29, 0.717) is 0 Å². The Morgan fingerprint density at radius 2 is 1.76 bits per heavy atom. The summed E-state index contributed by atoms with van der Waals surface area (Å²) < 4.78 is 10.5. The van der Waals surface area contributed by atoms with Crippen molar-refractivity contribution < 1.29 is 44.3 Å². The SMILES string of the molecule is CC(C)C[C@H](NC(=O)Oc1cc(-c2oc3cc(O)cc(O)c3c(=O)c2O)ccc1O)C(=O)O. The van der Waals surface area contributed by atoms with Gasteiger partial charge in [0, 0.05) is 17.7 Å². The van der Waals surface area contributed by atoms with Gasteiger partial charge >= 0.3 is 12.1 Å². The molecule has 3 rings (SSSR count). The van der Waals surface area contributed by atoms with Crippen molar-refractivity contribution in [2.45, 2.75) is 26.3 Å². The van der Waals surface area contributed by atoms with Gasteiger partial charge in [-0.1, -0.05) is 13.8 Å². The van der Waals surface area contributed by atoms with E-state index in [2.05, 4.69) is 5.32 Å². The summed E-state index contributed by atoms with van der Waals surface area (Å²) in [6.07, 6.45) is -0.999. The van der Waals surface area contributed by atoms with Crippen molar-refractivity contribution >= 4 is 23.0 Å². The molecule has 2 aromatic carbocycles. The molecular weight excluding hydrogens is 438 g/mol. The van der Waals surface area contributed by atoms with Gasteiger partial charge in [0.1, 0.15) is 28.5 Å². The van der Waals surface area contributed by atoms with E-state index in [1.807, 2.05) is 0 Å². The minimum Gasteiger partial charge on any atom is -0.508 e. The lowest BCUT2D eigenvalue weighted by atomic mass is 10.0. The van der Waals surface area contributed by atoms with Gasteiger partial charge in [0.2, 0.25) is 11.2 Å². The van der Waals surface area contributed by atoms with Gasteiger partial charge < -0.3 is 40.0 Å². The zero-order valence-electron chi connectivity index (χ0n) is 17.5. The number of aromatic hydroxyl groups is 4. The van der Waals surface area contributed by atoms with Gasteiger partial charge in [-0.15, -0.1) is 0 Å². The number of ether oxygens (including phenoxy) is 1. The number of carboxylic acid groups (broad SMARTS) is 1. The van der Waals surface area contributed by atoms with Crippen LogP contribution in [-0.2, 0) is 4.79 Å². The lowest BCUT2D eigenvalue weighted by Gasteiger charge is -2.16. The standard InChI is InChI=1S/C22H21NO10/c1-9(2)5-12(21(29)30)23-22(31)33-15-6-10(3-4-13(15)25)20-19(28)18(27)17-14(26)7-11(24)8-16(17)32-20/h3-4,6-9,12,24-26,28H,5H2,1-2H3,(H,23,31)(H,29,30)/t12-/m0/s1. The summed E-state index contributed by atoms with van der Waals surface area (Å²) in [5.41, 5.74) is -1.20. The van der Waals surface area contributed by atoms with Gasteiger partial charge in [-0.25, -0.2) is 9.59 Å². The third-order valence-corrected chi connectivity index (χ3v) is 4.66. The maximum atomic E-state index is 12.5. The fourth-order valence-corrected chi connectivity index (χ4v) is 3.17. The summed E-state index contributed by atoms with van der Waals surface area (Å²) in [7, 11) is 0. The highest BCUT2D eigenvalue weighted by Crippen LogP contribution is 2.38. The van der Waals surface area contributed by atoms with Gasteiger partial charge in [-0.2, -0.15) is 0 Å². The predicted molar refractivity (Wildman–Crippen MR) is 115 cm³/mol. The van der Waals surface area contributed by atoms with E-state index in [4.69, 9.17) is 9.15 Å². The molecule has 11 heteroatoms. The number of carbonyl (C=O) groups is 2. The number of aliphatic carboxylic acids is 1. The van der Waals surface area contributed by atoms with Gasteiger partial charge in [0.25, 0.3) is 0 Å². The number of rotatable bonds is 6. The lowest BCUT2D eigenvalue weighted by molar-refractivity contribution is -0.139. The molecule has 1 aromatic heterocycles. The van der Waals surface area contributed by atoms with Crippen LogP contribution in [0.2, 0.25) is 0 Å². The van der Waals surface area contributed by atoms with Crippen molar-refractivity contribution in [3.05, 3.63) is 40.6 Å². The van der Waals surface area contributed by atoms with Crippen LogP contribution in [0.1, 0.15) is 20.3 Å². The van der Waals surface area contributed by atoms with Crippen LogP contribution in [-0.4, -0.2) is 43.6 Å². The van der Waals surface area contributed by atoms with E-state index in [9.17, 15) is 39.9 Å². The molecule has 174 valence electrons. The Morgan fingerprint density at radius 3 is 2.39 bits per heavy atom. The third kappa shape index (κ3) is 4.92. The average molecular weight is 459 g/mol. The van der Waals surface area contributed by atoms with E-state index < -0.39 is 46.5 Å². The quantitative estimate of drug-likeness (QED) is 0.320. The number of carbonyl (C=O) groups excluding carboxylic acids is 1. The molecule has 1 amide bonds. The van der Waals surface area contributed by atoms with Crippen LogP contribution < -0.4 is 15.5 Å². The van der Waals surface area contributed by atoms with Crippen LogP contribution in [0.4, 0.5) is 4.79 Å². The van der Waals surface area contributed by atoms with Gasteiger partial charge in [0.05, 0.1) is 0 Å². The summed E-state index contributed by atoms with van der Waals surface area (Å²) in [4.78, 5) is 36.0. The fourth-order valence-electron chi connectivity index (χ4n) is 3.17. The minimum atomic E-state index is -1.26. The monoisotopic (exact) mass is 459 g/mol. The second-order valence-electron chi connectivity index (χ2n) is 7.68. The van der Waals surface area contributed by atoms with Crippen molar-refractivity contribution in [2.24, 2.45) is 5.92 Å². The smallest absolute Gasteiger partial charge is 0.413 e. The second kappa shape index (κ2) is 8.99. The summed E-state index contributed by atoms with van der Waals surface area (Å²) in [6.45, 7) is 3.56. The molecule has 0 fully saturated rings. The molecule has 3 aromatic rings. The van der Waals surface area contributed by atoms with Gasteiger partial charge in [-0.3, -0.25) is 4.79 Å². The molecule has 0 aliphatic carbocycles. The normalized spacial score (nSPS) is 12.0. The molecule has 1 heterocycles. The molecule has 0 aliphatic rings. The number of amides is 1. The first-order chi connectivity index (χ1) is 15.5. The van der Waals surface area contributed by atoms with Crippen LogP contribution in [0, 0.1) is 5.92 Å². The first-order valence-electron chi connectivity index (χ1n) is 9.74. The molecule has 11 nitrogen and oxygen atoms in total. The predicted octanol–water partition coefficient (Wildman–Crippen LogP) is 2.87. The Balaban J connectivity index is 1.97. The molecule has 1 atom stereocenters. The summed E-state index contributed by atoms with van der Waals surface area (Å²) in [5, 5.41) is 51.0. The number of carboxylic acids is 1. The second-order valence-corrected chi connectivity index (χ2v) is 7.68. The van der Waals surface area contributed by atoms with Crippen LogP contribution in [0.25, 0.3) is 22.3 Å². The Kier molecular flexibility index (Phi) is 6.33. The highest BCUT2D eigenvalue weighted by atomic mass is 16.6. The lowest BCUT2D eigenvalue weighted by Crippen LogP contribution is -2.43. The van der Waals surface area contributed by atoms with E-state index in [1.54, 1.807) is 13.8 Å². The molecule has 33 heavy (non-hydrogen) atoms. The van der Waals surface area contributed by atoms with E-state index in [0.717, 1.165) is 24.3 Å². The average Bonchev–Trinajstić information content (AvgIpc) is 2.71. The van der Waals surface area contributed by atoms with Crippen molar-refractivity contribution in [1.82, 2.24) is 5.32 Å². The fraction of sp³-hybridized carbons (Fsp3) is 0.227. The molecule has 0 radical (unpaired) electrons. The Bertz CT molecular complexity index is 1290. The molecule has 0 bridgehead atoms. The molecule has 6 N–H and O–H groups in total. The number of hydrogen-bond acceptors (Lipinski definition) is 9. The Hall–Kier alpha value is -4.41. The highest BCUT2D eigenvalue weighted by Gasteiger charge is 2.24. The maximum Gasteiger partial charge on any atom is 0.413 e. The van der Waals surface area contributed by atoms with Crippen molar-refractivity contribution in [3.8, 4) is 40.1 Å². The Morgan fingerprint density at radius 1 is 1.06 bits per heavy atom. The zero-order chi connectivity index (χ0) is 24.4. The Labute approximate surface area is 186 Å². The number of benzene rings is 2. The molecule has 0 unspecified atom stereocenters. The van der Waals surface area contributed by atoms with Crippen LogP contribution in [0.3, 0.4) is 0 Å². The molecule has 0 aliphatic heterocycles. The number of phenols is 3. The molecule has 0 saturated carbocycles. The van der Waals surface area contributed by atoms with Crippen molar-refractivity contribution in [2.75, 3.05) is 0 Å². The molecule has 0 spiro atoms. The van der Waals surface area contributed by atoms with E-state index in [-0.39, 0.29) is 40.4 Å². The van der Waals surface area contributed by atoms with Gasteiger partial charge in [-0.05, 0) is 30.5 Å². The maximum absolute atomic E-state index is 12.5. The summed E-state index contributed by atoms with van der Waals surface area (Å²) in [6, 6.07) is 4.19. The third-order valence-electron chi connectivity index (χ3n) is 4.66. The molecular formula is C22H21NO10. The van der Waals surface area contributed by atoms with Crippen LogP contribution >= 0.6 is 0 Å². The number of nitrogens with one attached hydrogen (secondary N) is 1. The summed E-state index contributed by atoms with van der Waals surface area (Å²) in [5.74, 6) is -4.41. The highest BCUT2D eigenvalue weighted by molar-refractivity contribution is 5.88. The van der Waals surface area contributed by atoms with Crippen LogP contribution in [0.15, 0.2) is 39.5 Å². The number of fused-ring (bicyclic) bond motifs is 1. The topological polar surface area (TPSA) is 187 Å². The van der Waals surface area contributed by atoms with E-state index >= 15 is 0 Å². The minimum absolute atomic E-state index is 0.00639.